The van der Waals surface area contributed by atoms with Crippen molar-refractivity contribution in [3.63, 3.8) is 0 Å². The number of nitrogens with zero attached hydrogens (tertiary/aromatic N) is 3. The third kappa shape index (κ3) is 7.19. The zero-order valence-electron chi connectivity index (χ0n) is 21.3. The molecule has 2 N–H and O–H groups in total. The molecule has 8 nitrogen and oxygen atoms in total. The zero-order valence-corrected chi connectivity index (χ0v) is 22.9. The number of nitrogens with one attached hydrogen (secondary N) is 2. The zero-order chi connectivity index (χ0) is 27.5. The smallest absolute Gasteiger partial charge is 0.267 e. The summed E-state index contributed by atoms with van der Waals surface area (Å²) < 4.78 is 35.9. The summed E-state index contributed by atoms with van der Waals surface area (Å²) >= 11 is 2.86. The number of benzene rings is 1. The van der Waals surface area contributed by atoms with Gasteiger partial charge in [0.2, 0.25) is 11.8 Å². The quantitative estimate of drug-likeness (QED) is 0.265. The molecule has 4 rings (SSSR count). The first-order valence-corrected chi connectivity index (χ1v) is 13.7. The van der Waals surface area contributed by atoms with Gasteiger partial charge in [0.1, 0.15) is 5.76 Å². The Balaban J connectivity index is 1.36. The van der Waals surface area contributed by atoms with Crippen LogP contribution >= 0.6 is 23.1 Å². The number of carbonyl (C=O) groups is 2. The van der Waals surface area contributed by atoms with Gasteiger partial charge in [0, 0.05) is 29.6 Å². The number of amides is 2. The first-order valence-electron chi connectivity index (χ1n) is 11.9. The van der Waals surface area contributed by atoms with Crippen molar-refractivity contribution in [3.05, 3.63) is 66.5 Å². The number of hydrogen-bond acceptors (Lipinski definition) is 8. The number of alkyl halides is 2. The SMILES string of the molecule is C=CC(=O)Nc1ccc(C(=O)N2C[C@H](Nc3ncc(SCc4ncc(C(C)(C)C)o4)s3)CC(F)(F)C2)cc1. The van der Waals surface area contributed by atoms with Crippen LogP contribution in [0.4, 0.5) is 19.6 Å². The summed E-state index contributed by atoms with van der Waals surface area (Å²) in [6.07, 6.45) is 4.14. The second-order valence-electron chi connectivity index (χ2n) is 10.00. The Bertz CT molecular complexity index is 1300. The minimum atomic E-state index is -3.05. The Morgan fingerprint density at radius 1 is 1.26 bits per heavy atom. The van der Waals surface area contributed by atoms with Gasteiger partial charge >= 0.3 is 0 Å². The van der Waals surface area contributed by atoms with Crippen molar-refractivity contribution in [1.82, 2.24) is 14.9 Å². The minimum Gasteiger partial charge on any atom is -0.444 e. The van der Waals surface area contributed by atoms with Crippen molar-refractivity contribution in [2.75, 3.05) is 23.7 Å². The van der Waals surface area contributed by atoms with Gasteiger partial charge < -0.3 is 20.0 Å². The van der Waals surface area contributed by atoms with Gasteiger partial charge in [-0.25, -0.2) is 18.7 Å². The first kappa shape index (κ1) is 27.8. The average molecular weight is 562 g/mol. The van der Waals surface area contributed by atoms with Crippen LogP contribution in [0.5, 0.6) is 0 Å². The van der Waals surface area contributed by atoms with Gasteiger partial charge in [-0.2, -0.15) is 0 Å². The number of thiazole rings is 1. The van der Waals surface area contributed by atoms with Crippen molar-refractivity contribution in [2.45, 2.75) is 54.5 Å². The van der Waals surface area contributed by atoms with Crippen LogP contribution in [0.3, 0.4) is 0 Å². The van der Waals surface area contributed by atoms with Crippen LogP contribution < -0.4 is 10.6 Å². The van der Waals surface area contributed by atoms with E-state index in [4.69, 9.17) is 4.42 Å². The molecule has 1 fully saturated rings. The summed E-state index contributed by atoms with van der Waals surface area (Å²) in [5, 5.41) is 6.17. The van der Waals surface area contributed by atoms with Crippen molar-refractivity contribution in [3.8, 4) is 0 Å². The van der Waals surface area contributed by atoms with Gasteiger partial charge in [0.05, 0.1) is 34.9 Å². The fourth-order valence-electron chi connectivity index (χ4n) is 3.85. The average Bonchev–Trinajstić information content (AvgIpc) is 3.51. The maximum Gasteiger partial charge on any atom is 0.267 e. The Labute approximate surface area is 227 Å². The van der Waals surface area contributed by atoms with Crippen LogP contribution in [0.25, 0.3) is 0 Å². The number of piperidine rings is 1. The fraction of sp³-hybridized carbons (Fsp3) is 0.385. The summed E-state index contributed by atoms with van der Waals surface area (Å²) in [5.41, 5.74) is 0.610. The molecule has 1 atom stereocenters. The third-order valence-corrected chi connectivity index (χ3v) is 7.83. The van der Waals surface area contributed by atoms with Gasteiger partial charge in [0.15, 0.2) is 5.13 Å². The monoisotopic (exact) mass is 561 g/mol. The van der Waals surface area contributed by atoms with Crippen molar-refractivity contribution in [2.24, 2.45) is 0 Å². The number of carbonyl (C=O) groups excluding carboxylic acids is 2. The Kier molecular flexibility index (Phi) is 8.22. The maximum absolute atomic E-state index is 14.6. The third-order valence-electron chi connectivity index (χ3n) is 5.72. The van der Waals surface area contributed by atoms with Gasteiger partial charge in [-0.05, 0) is 30.3 Å². The summed E-state index contributed by atoms with van der Waals surface area (Å²) in [7, 11) is 0. The molecule has 0 radical (unpaired) electrons. The summed E-state index contributed by atoms with van der Waals surface area (Å²) in [5.74, 6) is -1.99. The first-order chi connectivity index (χ1) is 17.9. The van der Waals surface area contributed by atoms with Crippen LogP contribution in [-0.4, -0.2) is 51.7 Å². The molecule has 1 aliphatic rings. The molecule has 0 spiro atoms. The largest absolute Gasteiger partial charge is 0.444 e. The molecule has 0 bridgehead atoms. The lowest BCUT2D eigenvalue weighted by molar-refractivity contribution is -0.111. The van der Waals surface area contributed by atoms with E-state index in [1.54, 1.807) is 24.5 Å². The van der Waals surface area contributed by atoms with Crippen LogP contribution in [0.1, 0.15) is 49.2 Å². The van der Waals surface area contributed by atoms with Crippen molar-refractivity contribution < 1.29 is 22.8 Å². The molecule has 38 heavy (non-hydrogen) atoms. The number of aromatic nitrogens is 2. The van der Waals surface area contributed by atoms with Gasteiger partial charge in [-0.1, -0.05) is 38.7 Å². The van der Waals surface area contributed by atoms with E-state index in [1.807, 2.05) is 0 Å². The van der Waals surface area contributed by atoms with E-state index in [-0.39, 0.29) is 23.4 Å². The number of halogens is 2. The second kappa shape index (κ2) is 11.2. The molecule has 1 aliphatic heterocycles. The second-order valence-corrected chi connectivity index (χ2v) is 12.3. The molecule has 202 valence electrons. The number of thioether (sulfide) groups is 1. The molecule has 2 aromatic heterocycles. The molecule has 3 heterocycles. The molecule has 3 aromatic rings. The van der Waals surface area contributed by atoms with Crippen LogP contribution in [0.2, 0.25) is 0 Å². The number of anilines is 2. The maximum atomic E-state index is 14.6. The summed E-state index contributed by atoms with van der Waals surface area (Å²) in [6, 6.07) is 5.42. The minimum absolute atomic E-state index is 0.108. The molecule has 2 amide bonds. The summed E-state index contributed by atoms with van der Waals surface area (Å²) in [6.45, 7) is 8.99. The Morgan fingerprint density at radius 3 is 2.66 bits per heavy atom. The van der Waals surface area contributed by atoms with Gasteiger partial charge in [-0.15, -0.1) is 11.8 Å². The highest BCUT2D eigenvalue weighted by atomic mass is 32.2. The molecule has 0 unspecified atom stereocenters. The topological polar surface area (TPSA) is 100 Å². The number of rotatable bonds is 8. The highest BCUT2D eigenvalue weighted by molar-refractivity contribution is 8.00. The molecule has 0 saturated carbocycles. The fourth-order valence-corrected chi connectivity index (χ4v) is 5.65. The number of likely N-dealkylation sites (tertiary alicyclic amines) is 1. The highest BCUT2D eigenvalue weighted by Gasteiger charge is 2.42. The Morgan fingerprint density at radius 2 is 2.00 bits per heavy atom. The van der Waals surface area contributed by atoms with Crippen molar-refractivity contribution >= 4 is 45.7 Å². The molecule has 1 saturated heterocycles. The molecular weight excluding hydrogens is 532 g/mol. The highest BCUT2D eigenvalue weighted by Crippen LogP contribution is 2.34. The standard InChI is InChI=1S/C26H29F2N5O3S2/c1-5-20(34)31-17-8-6-16(7-9-17)23(35)33-13-18(10-26(27,28)15-33)32-24-30-12-22(38-24)37-14-21-29-11-19(36-21)25(2,3)4/h5-9,11-12,18H,1,10,13-15H2,2-4H3,(H,30,32)(H,31,34)/t18-/m1/s1. The molecule has 1 aromatic carbocycles. The van der Waals surface area contributed by atoms with E-state index in [0.29, 0.717) is 22.5 Å². The number of hydrogen-bond donors (Lipinski definition) is 2. The van der Waals surface area contributed by atoms with Crippen LogP contribution in [0, 0.1) is 0 Å². The molecule has 0 aliphatic carbocycles. The van der Waals surface area contributed by atoms with E-state index >= 15 is 0 Å². The van der Waals surface area contributed by atoms with E-state index in [9.17, 15) is 18.4 Å². The lowest BCUT2D eigenvalue weighted by Crippen LogP contribution is -2.53. The lowest BCUT2D eigenvalue weighted by atomic mass is 9.94. The summed E-state index contributed by atoms with van der Waals surface area (Å²) in [4.78, 5) is 34.2. The van der Waals surface area contributed by atoms with Crippen LogP contribution in [0.15, 0.2) is 57.9 Å². The van der Waals surface area contributed by atoms with Crippen LogP contribution in [-0.2, 0) is 16.0 Å². The molecule has 12 heteroatoms. The lowest BCUT2D eigenvalue weighted by Gasteiger charge is -2.37. The predicted octanol–water partition coefficient (Wildman–Crippen LogP) is 5.81. The van der Waals surface area contributed by atoms with Crippen molar-refractivity contribution in [1.29, 1.82) is 0 Å². The van der Waals surface area contributed by atoms with Gasteiger partial charge in [0.25, 0.3) is 11.8 Å². The predicted molar refractivity (Wildman–Crippen MR) is 145 cm³/mol. The van der Waals surface area contributed by atoms with Gasteiger partial charge in [-0.3, -0.25) is 9.59 Å². The van der Waals surface area contributed by atoms with E-state index in [2.05, 4.69) is 48.0 Å². The van der Waals surface area contributed by atoms with E-state index in [1.165, 1.54) is 35.2 Å². The van der Waals surface area contributed by atoms with E-state index < -0.39 is 30.8 Å². The number of oxazole rings is 1. The normalized spacial score (nSPS) is 17.2. The molecular formula is C26H29F2N5O3S2. The Hall–Kier alpha value is -3.25. The van der Waals surface area contributed by atoms with E-state index in [0.717, 1.165) is 20.9 Å².